The van der Waals surface area contributed by atoms with Gasteiger partial charge in [0.15, 0.2) is 0 Å². The number of rotatable bonds is 5. The Hall–Kier alpha value is 0.160. The van der Waals surface area contributed by atoms with Gasteiger partial charge in [0.05, 0.1) is 16.4 Å². The predicted molar refractivity (Wildman–Crippen MR) is 92.1 cm³/mol. The van der Waals surface area contributed by atoms with E-state index in [9.17, 15) is 0 Å². The molecular formula is C14H24ClN3S2. The average Bonchev–Trinajstić information content (AvgIpc) is 2.75. The monoisotopic (exact) mass is 333 g/mol. The first kappa shape index (κ1) is 16.5. The number of halogens is 1. The Labute approximate surface area is 135 Å². The second kappa shape index (κ2) is 7.43. The third kappa shape index (κ3) is 3.49. The molecule has 0 aromatic carbocycles. The van der Waals surface area contributed by atoms with Crippen molar-refractivity contribution >= 4 is 35.1 Å². The van der Waals surface area contributed by atoms with Gasteiger partial charge in [-0.2, -0.15) is 28.6 Å². The highest BCUT2D eigenvalue weighted by molar-refractivity contribution is 8.07. The molecule has 3 nitrogen and oxygen atoms in total. The van der Waals surface area contributed by atoms with Gasteiger partial charge in [-0.3, -0.25) is 4.68 Å². The minimum Gasteiger partial charge on any atom is -0.326 e. The first-order valence-corrected chi connectivity index (χ1v) is 9.78. The lowest BCUT2D eigenvalue weighted by Gasteiger charge is -2.32. The molecule has 0 aliphatic carbocycles. The molecule has 6 heteroatoms. The number of aryl methyl sites for hydroxylation is 2. The largest absolute Gasteiger partial charge is 0.326 e. The van der Waals surface area contributed by atoms with E-state index < -0.39 is 0 Å². The molecule has 2 heterocycles. The predicted octanol–water partition coefficient (Wildman–Crippen LogP) is 3.23. The van der Waals surface area contributed by atoms with Gasteiger partial charge in [-0.25, -0.2) is 0 Å². The Balaban J connectivity index is 2.14. The average molecular weight is 334 g/mol. The fourth-order valence-electron chi connectivity index (χ4n) is 2.67. The summed E-state index contributed by atoms with van der Waals surface area (Å²) in [6, 6.07) is 0.145. The summed E-state index contributed by atoms with van der Waals surface area (Å²) in [5.41, 5.74) is 8.59. The highest BCUT2D eigenvalue weighted by Gasteiger charge is 2.29. The van der Waals surface area contributed by atoms with E-state index in [0.29, 0.717) is 10.5 Å². The van der Waals surface area contributed by atoms with Gasteiger partial charge in [0, 0.05) is 41.0 Å². The van der Waals surface area contributed by atoms with Crippen LogP contribution in [0, 0.1) is 0 Å². The molecule has 20 heavy (non-hydrogen) atoms. The Morgan fingerprint density at radius 3 is 2.70 bits per heavy atom. The van der Waals surface area contributed by atoms with Gasteiger partial charge < -0.3 is 5.73 Å². The van der Waals surface area contributed by atoms with Crippen LogP contribution in [0.1, 0.15) is 32.2 Å². The van der Waals surface area contributed by atoms with Crippen LogP contribution in [0.2, 0.25) is 5.02 Å². The van der Waals surface area contributed by atoms with E-state index in [4.69, 9.17) is 17.3 Å². The Morgan fingerprint density at radius 2 is 2.10 bits per heavy atom. The van der Waals surface area contributed by atoms with Gasteiger partial charge in [0.1, 0.15) is 0 Å². The van der Waals surface area contributed by atoms with Gasteiger partial charge >= 0.3 is 0 Å². The molecule has 0 radical (unpaired) electrons. The lowest BCUT2D eigenvalue weighted by molar-refractivity contribution is 0.559. The van der Waals surface area contributed by atoms with Crippen LogP contribution < -0.4 is 5.73 Å². The summed E-state index contributed by atoms with van der Waals surface area (Å²) in [6.07, 6.45) is 1.70. The first-order chi connectivity index (χ1) is 9.58. The summed E-state index contributed by atoms with van der Waals surface area (Å²) in [4.78, 5) is 0. The molecule has 1 aromatic rings. The van der Waals surface area contributed by atoms with E-state index in [1.54, 1.807) is 0 Å². The van der Waals surface area contributed by atoms with Crippen LogP contribution >= 0.6 is 35.1 Å². The number of hydrogen-bond donors (Lipinski definition) is 1. The lowest BCUT2D eigenvalue weighted by Crippen LogP contribution is -2.42. The molecule has 1 fully saturated rings. The summed E-state index contributed by atoms with van der Waals surface area (Å²) in [5, 5.41) is 6.53. The van der Waals surface area contributed by atoms with Crippen LogP contribution in [0.15, 0.2) is 0 Å². The number of aromatic nitrogens is 2. The van der Waals surface area contributed by atoms with E-state index in [0.717, 1.165) is 35.8 Å². The summed E-state index contributed by atoms with van der Waals surface area (Å²) < 4.78 is 2.02. The number of nitrogens with two attached hydrogens (primary N) is 1. The zero-order chi connectivity index (χ0) is 14.7. The SMILES string of the molecule is CCc1nn(CC)c(CC(N)C2SCCSC2C)c1Cl. The summed E-state index contributed by atoms with van der Waals surface area (Å²) >= 11 is 10.5. The van der Waals surface area contributed by atoms with E-state index in [1.807, 2.05) is 28.2 Å². The molecule has 0 saturated carbocycles. The second-order valence-corrected chi connectivity index (χ2v) is 8.31. The van der Waals surface area contributed by atoms with E-state index in [1.165, 1.54) is 11.5 Å². The quantitative estimate of drug-likeness (QED) is 0.898. The van der Waals surface area contributed by atoms with E-state index >= 15 is 0 Å². The standard InChI is InChI=1S/C14H24ClN3S2/c1-4-11-13(15)12(18(5-2)17-11)8-10(16)14-9(3)19-6-7-20-14/h9-10,14H,4-8,16H2,1-3H3. The van der Waals surface area contributed by atoms with Crippen molar-refractivity contribution < 1.29 is 0 Å². The minimum atomic E-state index is 0.145. The Bertz CT molecular complexity index is 450. The van der Waals surface area contributed by atoms with Crippen molar-refractivity contribution in [3.63, 3.8) is 0 Å². The topological polar surface area (TPSA) is 43.8 Å². The lowest BCUT2D eigenvalue weighted by atomic mass is 10.1. The van der Waals surface area contributed by atoms with Crippen LogP contribution in [0.4, 0.5) is 0 Å². The highest BCUT2D eigenvalue weighted by atomic mass is 35.5. The van der Waals surface area contributed by atoms with Crippen molar-refractivity contribution in [3.8, 4) is 0 Å². The molecule has 0 amide bonds. The molecule has 0 bridgehead atoms. The van der Waals surface area contributed by atoms with Crippen molar-refractivity contribution in [1.82, 2.24) is 9.78 Å². The molecule has 2 rings (SSSR count). The van der Waals surface area contributed by atoms with Crippen molar-refractivity contribution in [2.24, 2.45) is 5.73 Å². The number of nitrogens with zero attached hydrogens (tertiary/aromatic N) is 2. The molecule has 2 N–H and O–H groups in total. The molecule has 3 unspecified atom stereocenters. The van der Waals surface area contributed by atoms with Gasteiger partial charge in [-0.15, -0.1) is 0 Å². The zero-order valence-electron chi connectivity index (χ0n) is 12.4. The summed E-state index contributed by atoms with van der Waals surface area (Å²) in [5.74, 6) is 2.44. The van der Waals surface area contributed by atoms with Crippen LogP contribution in [0.5, 0.6) is 0 Å². The molecule has 1 saturated heterocycles. The maximum Gasteiger partial charge on any atom is 0.0850 e. The fourth-order valence-corrected chi connectivity index (χ4v) is 5.91. The van der Waals surface area contributed by atoms with Gasteiger partial charge in [0.2, 0.25) is 0 Å². The second-order valence-electron chi connectivity index (χ2n) is 5.16. The van der Waals surface area contributed by atoms with Crippen LogP contribution in [-0.2, 0) is 19.4 Å². The third-order valence-electron chi connectivity index (χ3n) is 3.78. The van der Waals surface area contributed by atoms with Crippen LogP contribution in [0.3, 0.4) is 0 Å². The maximum absolute atomic E-state index is 6.48. The van der Waals surface area contributed by atoms with Gasteiger partial charge in [-0.1, -0.05) is 25.4 Å². The maximum atomic E-state index is 6.48. The molecule has 1 aromatic heterocycles. The van der Waals surface area contributed by atoms with Gasteiger partial charge in [0.25, 0.3) is 0 Å². The Kier molecular flexibility index (Phi) is 6.14. The molecule has 3 atom stereocenters. The molecule has 1 aliphatic heterocycles. The molecule has 114 valence electrons. The fraction of sp³-hybridized carbons (Fsp3) is 0.786. The highest BCUT2D eigenvalue weighted by Crippen LogP contribution is 2.34. The van der Waals surface area contributed by atoms with Crippen molar-refractivity contribution in [3.05, 3.63) is 16.4 Å². The van der Waals surface area contributed by atoms with E-state index in [-0.39, 0.29) is 6.04 Å². The van der Waals surface area contributed by atoms with Crippen LogP contribution in [0.25, 0.3) is 0 Å². The number of hydrogen-bond acceptors (Lipinski definition) is 4. The Morgan fingerprint density at radius 1 is 1.40 bits per heavy atom. The third-order valence-corrected chi connectivity index (χ3v) is 7.49. The van der Waals surface area contributed by atoms with E-state index in [2.05, 4.69) is 25.9 Å². The molecular weight excluding hydrogens is 310 g/mol. The van der Waals surface area contributed by atoms with Crippen molar-refractivity contribution in [2.45, 2.75) is 56.7 Å². The molecule has 1 aliphatic rings. The minimum absolute atomic E-state index is 0.145. The normalized spacial score (nSPS) is 24.9. The number of thioether (sulfide) groups is 2. The summed E-state index contributed by atoms with van der Waals surface area (Å²) in [7, 11) is 0. The zero-order valence-corrected chi connectivity index (χ0v) is 14.8. The van der Waals surface area contributed by atoms with Crippen LogP contribution in [-0.4, -0.2) is 37.8 Å². The van der Waals surface area contributed by atoms with Crippen molar-refractivity contribution in [1.29, 1.82) is 0 Å². The van der Waals surface area contributed by atoms with Crippen molar-refractivity contribution in [2.75, 3.05) is 11.5 Å². The van der Waals surface area contributed by atoms with Gasteiger partial charge in [-0.05, 0) is 13.3 Å². The molecule has 0 spiro atoms. The summed E-state index contributed by atoms with van der Waals surface area (Å²) in [6.45, 7) is 7.33. The smallest absolute Gasteiger partial charge is 0.0850 e. The first-order valence-electron chi connectivity index (χ1n) is 7.31.